The van der Waals surface area contributed by atoms with Crippen molar-refractivity contribution in [3.8, 4) is 0 Å². The van der Waals surface area contributed by atoms with Crippen molar-refractivity contribution in [2.75, 3.05) is 5.32 Å². The number of hydrogen-bond acceptors (Lipinski definition) is 2. The Balaban J connectivity index is 2.24. The van der Waals surface area contributed by atoms with Crippen molar-refractivity contribution >= 4 is 11.7 Å². The van der Waals surface area contributed by atoms with Crippen LogP contribution in [0.3, 0.4) is 0 Å². The lowest BCUT2D eigenvalue weighted by Crippen LogP contribution is -2.16. The van der Waals surface area contributed by atoms with Crippen LogP contribution in [0.5, 0.6) is 0 Å². The molecule has 0 saturated carbocycles. The van der Waals surface area contributed by atoms with Crippen molar-refractivity contribution in [1.82, 2.24) is 9.78 Å². The number of carbonyl (C=O) groups excluding carboxylic acids is 1. The van der Waals surface area contributed by atoms with Gasteiger partial charge in [-0.1, -0.05) is 0 Å². The molecule has 0 spiro atoms. The van der Waals surface area contributed by atoms with Crippen molar-refractivity contribution in [3.05, 3.63) is 47.2 Å². The molecule has 1 heterocycles. The van der Waals surface area contributed by atoms with Gasteiger partial charge in [-0.3, -0.25) is 9.48 Å². The molecule has 2 aromatic rings. The number of hydrogen-bond donors (Lipinski definition) is 1. The van der Waals surface area contributed by atoms with E-state index in [-0.39, 0.29) is 5.56 Å². The molecule has 0 aliphatic heterocycles. The Morgan fingerprint density at radius 1 is 1.33 bits per heavy atom. The molecule has 1 aromatic carbocycles. The molecule has 18 heavy (non-hydrogen) atoms. The molecular weight excluding hydrogens is 240 g/mol. The summed E-state index contributed by atoms with van der Waals surface area (Å²) < 4.78 is 27.6. The molecule has 0 unspecified atom stereocenters. The second-order valence-electron chi connectivity index (χ2n) is 3.87. The van der Waals surface area contributed by atoms with E-state index in [0.29, 0.717) is 11.9 Å². The highest BCUT2D eigenvalue weighted by atomic mass is 19.1. The highest BCUT2D eigenvalue weighted by Crippen LogP contribution is 2.13. The van der Waals surface area contributed by atoms with Crippen LogP contribution in [-0.4, -0.2) is 15.7 Å². The van der Waals surface area contributed by atoms with E-state index in [1.165, 1.54) is 4.68 Å². The first-order valence-electron chi connectivity index (χ1n) is 5.24. The lowest BCUT2D eigenvalue weighted by atomic mass is 10.2. The molecule has 0 aliphatic carbocycles. The van der Waals surface area contributed by atoms with Gasteiger partial charge < -0.3 is 5.32 Å². The van der Waals surface area contributed by atoms with Crippen LogP contribution < -0.4 is 5.32 Å². The molecule has 0 aliphatic rings. The van der Waals surface area contributed by atoms with E-state index in [0.717, 1.165) is 17.8 Å². The highest BCUT2D eigenvalue weighted by molar-refractivity contribution is 6.04. The summed E-state index contributed by atoms with van der Waals surface area (Å²) in [7, 11) is 1.66. The molecule has 0 saturated heterocycles. The fourth-order valence-electron chi connectivity index (χ4n) is 1.58. The fourth-order valence-corrected chi connectivity index (χ4v) is 1.58. The van der Waals surface area contributed by atoms with E-state index in [9.17, 15) is 13.6 Å². The second kappa shape index (κ2) is 4.56. The molecule has 2 rings (SSSR count). The number of aryl methyl sites for hydroxylation is 2. The zero-order valence-corrected chi connectivity index (χ0v) is 9.87. The van der Waals surface area contributed by atoms with E-state index >= 15 is 0 Å². The third-order valence-electron chi connectivity index (χ3n) is 2.42. The number of aromatic nitrogens is 2. The normalized spacial score (nSPS) is 10.4. The predicted octanol–water partition coefficient (Wildman–Crippen LogP) is 2.26. The van der Waals surface area contributed by atoms with Crippen LogP contribution in [-0.2, 0) is 7.05 Å². The molecule has 1 amide bonds. The van der Waals surface area contributed by atoms with Gasteiger partial charge in [-0.2, -0.15) is 5.10 Å². The Kier molecular flexibility index (Phi) is 3.10. The molecule has 1 N–H and O–H groups in total. The van der Waals surface area contributed by atoms with Crippen LogP contribution in [0.4, 0.5) is 14.6 Å². The molecule has 0 atom stereocenters. The van der Waals surface area contributed by atoms with Crippen molar-refractivity contribution < 1.29 is 13.6 Å². The molecule has 4 nitrogen and oxygen atoms in total. The lowest BCUT2D eigenvalue weighted by Gasteiger charge is -2.05. The molecule has 0 radical (unpaired) electrons. The van der Waals surface area contributed by atoms with Gasteiger partial charge in [-0.05, 0) is 19.1 Å². The summed E-state index contributed by atoms with van der Waals surface area (Å²) in [5.74, 6) is -1.82. The Hall–Kier alpha value is -2.24. The topological polar surface area (TPSA) is 46.9 Å². The first kappa shape index (κ1) is 12.2. The maximum atomic E-state index is 13.4. The maximum absolute atomic E-state index is 13.4. The monoisotopic (exact) mass is 251 g/mol. The summed E-state index contributed by atoms with van der Waals surface area (Å²) >= 11 is 0. The van der Waals surface area contributed by atoms with E-state index in [2.05, 4.69) is 10.4 Å². The van der Waals surface area contributed by atoms with Crippen molar-refractivity contribution in [1.29, 1.82) is 0 Å². The van der Waals surface area contributed by atoms with Gasteiger partial charge in [0, 0.05) is 19.2 Å². The Morgan fingerprint density at radius 2 is 2.06 bits per heavy atom. The standard InChI is InChI=1S/C12H11F2N3O/c1-7-5-11(17(2)16-7)15-12(18)9-4-3-8(13)6-10(9)14/h3-6H,1-2H3,(H,15,18). The molecule has 94 valence electrons. The summed E-state index contributed by atoms with van der Waals surface area (Å²) in [6, 6.07) is 4.46. The number of halogens is 2. The highest BCUT2D eigenvalue weighted by Gasteiger charge is 2.14. The van der Waals surface area contributed by atoms with E-state index < -0.39 is 17.5 Å². The predicted molar refractivity (Wildman–Crippen MR) is 62.3 cm³/mol. The Morgan fingerprint density at radius 3 is 2.61 bits per heavy atom. The number of anilines is 1. The average molecular weight is 251 g/mol. The number of nitrogens with zero attached hydrogens (tertiary/aromatic N) is 2. The molecular formula is C12H11F2N3O. The van der Waals surface area contributed by atoms with Crippen molar-refractivity contribution in [3.63, 3.8) is 0 Å². The molecule has 6 heteroatoms. The first-order chi connectivity index (χ1) is 8.47. The largest absolute Gasteiger partial charge is 0.307 e. The van der Waals surface area contributed by atoms with E-state index in [1.807, 2.05) is 0 Å². The smallest absolute Gasteiger partial charge is 0.259 e. The van der Waals surface area contributed by atoms with E-state index in [4.69, 9.17) is 0 Å². The van der Waals surface area contributed by atoms with Crippen LogP contribution in [0.25, 0.3) is 0 Å². The van der Waals surface area contributed by atoms with Gasteiger partial charge in [0.15, 0.2) is 0 Å². The van der Waals surface area contributed by atoms with Crippen LogP contribution >= 0.6 is 0 Å². The van der Waals surface area contributed by atoms with E-state index in [1.54, 1.807) is 20.0 Å². The van der Waals surface area contributed by atoms with Gasteiger partial charge in [0.25, 0.3) is 5.91 Å². The second-order valence-corrected chi connectivity index (χ2v) is 3.87. The molecule has 0 bridgehead atoms. The van der Waals surface area contributed by atoms with Crippen molar-refractivity contribution in [2.45, 2.75) is 6.92 Å². The van der Waals surface area contributed by atoms with Gasteiger partial charge in [0.1, 0.15) is 17.5 Å². The van der Waals surface area contributed by atoms with Gasteiger partial charge >= 0.3 is 0 Å². The van der Waals surface area contributed by atoms with Gasteiger partial charge in [0.2, 0.25) is 0 Å². The summed E-state index contributed by atoms with van der Waals surface area (Å²) in [6.07, 6.45) is 0. The first-order valence-corrected chi connectivity index (χ1v) is 5.24. The summed E-state index contributed by atoms with van der Waals surface area (Å²) in [4.78, 5) is 11.8. The minimum Gasteiger partial charge on any atom is -0.307 e. The number of amides is 1. The summed E-state index contributed by atoms with van der Waals surface area (Å²) in [6.45, 7) is 1.77. The third kappa shape index (κ3) is 2.37. The lowest BCUT2D eigenvalue weighted by molar-refractivity contribution is 0.102. The van der Waals surface area contributed by atoms with Crippen LogP contribution in [0, 0.1) is 18.6 Å². The number of rotatable bonds is 2. The fraction of sp³-hybridized carbons (Fsp3) is 0.167. The number of nitrogens with one attached hydrogen (secondary N) is 1. The Labute approximate surface area is 102 Å². The van der Waals surface area contributed by atoms with Gasteiger partial charge in [-0.15, -0.1) is 0 Å². The van der Waals surface area contributed by atoms with Gasteiger partial charge in [0.05, 0.1) is 11.3 Å². The Bertz CT molecular complexity index is 607. The quantitative estimate of drug-likeness (QED) is 0.889. The van der Waals surface area contributed by atoms with Crippen LogP contribution in [0.15, 0.2) is 24.3 Å². The van der Waals surface area contributed by atoms with Gasteiger partial charge in [-0.25, -0.2) is 8.78 Å². The molecule has 0 fully saturated rings. The third-order valence-corrected chi connectivity index (χ3v) is 2.42. The van der Waals surface area contributed by atoms with Crippen LogP contribution in [0.1, 0.15) is 16.1 Å². The minimum absolute atomic E-state index is 0.213. The zero-order chi connectivity index (χ0) is 13.3. The zero-order valence-electron chi connectivity index (χ0n) is 9.87. The minimum atomic E-state index is -0.897. The number of benzene rings is 1. The van der Waals surface area contributed by atoms with Crippen molar-refractivity contribution in [2.24, 2.45) is 7.05 Å². The maximum Gasteiger partial charge on any atom is 0.259 e. The van der Waals surface area contributed by atoms with Crippen LogP contribution in [0.2, 0.25) is 0 Å². The SMILES string of the molecule is Cc1cc(NC(=O)c2ccc(F)cc2F)n(C)n1. The molecule has 1 aromatic heterocycles. The summed E-state index contributed by atoms with van der Waals surface area (Å²) in [5, 5.41) is 6.55. The number of carbonyl (C=O) groups is 1. The summed E-state index contributed by atoms with van der Waals surface area (Å²) in [5.41, 5.74) is 0.516. The average Bonchev–Trinajstić information content (AvgIpc) is 2.57.